The first kappa shape index (κ1) is 19.7. The molecule has 0 fully saturated rings. The molecule has 7 heteroatoms. The van der Waals surface area contributed by atoms with E-state index in [9.17, 15) is 14.0 Å². The van der Waals surface area contributed by atoms with Gasteiger partial charge in [0, 0.05) is 19.6 Å². The quantitative estimate of drug-likeness (QED) is 0.628. The summed E-state index contributed by atoms with van der Waals surface area (Å²) in [7, 11) is 1.41. The Balaban J connectivity index is 1.85. The molecule has 1 heterocycles. The van der Waals surface area contributed by atoms with E-state index in [0.717, 1.165) is 11.0 Å². The van der Waals surface area contributed by atoms with Crippen LogP contribution in [0.15, 0.2) is 47.3 Å². The molecule has 0 unspecified atom stereocenters. The molecule has 0 radical (unpaired) electrons. The topological polar surface area (TPSA) is 56.5 Å². The number of fused-ring (bicyclic) bond motifs is 1. The number of aromatic nitrogens is 2. The molecule has 6 nitrogen and oxygen atoms in total. The smallest absolute Gasteiger partial charge is 0.329 e. The average Bonchev–Trinajstić information content (AvgIpc) is 2.97. The van der Waals surface area contributed by atoms with Crippen molar-refractivity contribution < 1.29 is 13.9 Å². The normalized spacial score (nSPS) is 11.0. The number of ether oxygens (including phenoxy) is 1. The van der Waals surface area contributed by atoms with Crippen molar-refractivity contribution >= 4 is 16.9 Å². The van der Waals surface area contributed by atoms with Gasteiger partial charge in [0.15, 0.2) is 11.6 Å². The lowest BCUT2D eigenvalue weighted by molar-refractivity contribution is -0.132. The van der Waals surface area contributed by atoms with Gasteiger partial charge in [0.25, 0.3) is 0 Å². The number of methoxy groups -OCH3 is 1. The SMILES string of the molecule is CCN(Cc1ccc(OC)c(F)c1)C(=O)Cn1c(=O)n(CC)c2ccccc21. The fourth-order valence-corrected chi connectivity index (χ4v) is 3.37. The monoisotopic (exact) mass is 385 g/mol. The van der Waals surface area contributed by atoms with Crippen LogP contribution in [-0.2, 0) is 24.4 Å². The maximum absolute atomic E-state index is 13.9. The molecule has 1 amide bonds. The lowest BCUT2D eigenvalue weighted by Gasteiger charge is -2.21. The van der Waals surface area contributed by atoms with E-state index in [1.807, 2.05) is 38.1 Å². The van der Waals surface area contributed by atoms with Crippen molar-refractivity contribution in [1.29, 1.82) is 0 Å². The number of hydrogen-bond acceptors (Lipinski definition) is 3. The number of hydrogen-bond donors (Lipinski definition) is 0. The highest BCUT2D eigenvalue weighted by molar-refractivity contribution is 5.81. The van der Waals surface area contributed by atoms with Gasteiger partial charge in [0.05, 0.1) is 18.1 Å². The maximum atomic E-state index is 13.9. The molecule has 0 aliphatic rings. The van der Waals surface area contributed by atoms with Crippen LogP contribution in [0.5, 0.6) is 5.75 Å². The van der Waals surface area contributed by atoms with Crippen molar-refractivity contribution in [2.24, 2.45) is 0 Å². The number of benzene rings is 2. The lowest BCUT2D eigenvalue weighted by Crippen LogP contribution is -2.36. The number of nitrogens with zero attached hydrogens (tertiary/aromatic N) is 3. The highest BCUT2D eigenvalue weighted by atomic mass is 19.1. The third kappa shape index (κ3) is 3.65. The molecule has 0 saturated heterocycles. The Hall–Kier alpha value is -3.09. The van der Waals surface area contributed by atoms with Gasteiger partial charge in [-0.25, -0.2) is 9.18 Å². The second-order valence-electron chi connectivity index (χ2n) is 6.48. The molecule has 3 aromatic rings. The van der Waals surface area contributed by atoms with Crippen molar-refractivity contribution in [3.05, 3.63) is 64.3 Å². The standard InChI is InChI=1S/C21H24FN3O3/c1-4-23(13-15-10-11-19(28-3)16(22)12-15)20(26)14-25-18-9-7-6-8-17(18)24(5-2)21(25)27/h6-12H,4-5,13-14H2,1-3H3. The van der Waals surface area contributed by atoms with Crippen LogP contribution in [0.3, 0.4) is 0 Å². The Kier molecular flexibility index (Phi) is 5.82. The fourth-order valence-electron chi connectivity index (χ4n) is 3.37. The van der Waals surface area contributed by atoms with Crippen LogP contribution in [-0.4, -0.2) is 33.6 Å². The van der Waals surface area contributed by atoms with E-state index >= 15 is 0 Å². The van der Waals surface area contributed by atoms with Crippen LogP contribution in [0.4, 0.5) is 4.39 Å². The Morgan fingerprint density at radius 2 is 1.79 bits per heavy atom. The highest BCUT2D eigenvalue weighted by Crippen LogP contribution is 2.19. The third-order valence-electron chi connectivity index (χ3n) is 4.86. The summed E-state index contributed by atoms with van der Waals surface area (Å²) in [6, 6.07) is 12.1. The first-order chi connectivity index (χ1) is 13.5. The number of amides is 1. The second kappa shape index (κ2) is 8.29. The van der Waals surface area contributed by atoms with Gasteiger partial charge in [0.1, 0.15) is 6.54 Å². The Bertz CT molecular complexity index is 1050. The van der Waals surface area contributed by atoms with E-state index in [1.165, 1.54) is 17.7 Å². The minimum Gasteiger partial charge on any atom is -0.494 e. The molecule has 0 N–H and O–H groups in total. The molecule has 1 aromatic heterocycles. The number of carbonyl (C=O) groups is 1. The molecule has 0 aliphatic carbocycles. The molecule has 0 saturated carbocycles. The molecule has 148 valence electrons. The Morgan fingerprint density at radius 3 is 2.36 bits per heavy atom. The lowest BCUT2D eigenvalue weighted by atomic mass is 10.2. The van der Waals surface area contributed by atoms with Crippen LogP contribution in [0, 0.1) is 5.82 Å². The number of rotatable bonds is 7. The van der Waals surface area contributed by atoms with Gasteiger partial charge < -0.3 is 9.64 Å². The number of carbonyl (C=O) groups excluding carboxylic acids is 1. The van der Waals surface area contributed by atoms with Gasteiger partial charge in [-0.1, -0.05) is 18.2 Å². The number of likely N-dealkylation sites (N-methyl/N-ethyl adjacent to an activating group) is 1. The summed E-state index contributed by atoms with van der Waals surface area (Å²) in [4.78, 5) is 27.2. The fraction of sp³-hybridized carbons (Fsp3) is 0.333. The van der Waals surface area contributed by atoms with E-state index < -0.39 is 5.82 Å². The van der Waals surface area contributed by atoms with Gasteiger partial charge in [-0.3, -0.25) is 13.9 Å². The minimum atomic E-state index is -0.467. The van der Waals surface area contributed by atoms with E-state index in [4.69, 9.17) is 4.74 Å². The van der Waals surface area contributed by atoms with Crippen LogP contribution in [0.1, 0.15) is 19.4 Å². The molecule has 3 rings (SSSR count). The third-order valence-corrected chi connectivity index (χ3v) is 4.86. The summed E-state index contributed by atoms with van der Waals surface area (Å²) >= 11 is 0. The Morgan fingerprint density at radius 1 is 1.11 bits per heavy atom. The molecule has 0 spiro atoms. The second-order valence-corrected chi connectivity index (χ2v) is 6.48. The molecule has 0 bridgehead atoms. The zero-order valence-corrected chi connectivity index (χ0v) is 16.3. The predicted molar refractivity (Wildman–Crippen MR) is 106 cm³/mol. The van der Waals surface area contributed by atoms with E-state index in [2.05, 4.69) is 0 Å². The van der Waals surface area contributed by atoms with E-state index in [0.29, 0.717) is 18.7 Å². The molecular weight excluding hydrogens is 361 g/mol. The molecule has 0 atom stereocenters. The van der Waals surface area contributed by atoms with Crippen LogP contribution >= 0.6 is 0 Å². The van der Waals surface area contributed by atoms with Crippen LogP contribution in [0.25, 0.3) is 11.0 Å². The van der Waals surface area contributed by atoms with Crippen molar-refractivity contribution in [3.8, 4) is 5.75 Å². The largest absolute Gasteiger partial charge is 0.494 e. The molecule has 28 heavy (non-hydrogen) atoms. The van der Waals surface area contributed by atoms with Gasteiger partial charge in [-0.05, 0) is 43.7 Å². The van der Waals surface area contributed by atoms with Gasteiger partial charge in [-0.15, -0.1) is 0 Å². The van der Waals surface area contributed by atoms with E-state index in [1.54, 1.807) is 21.6 Å². The van der Waals surface area contributed by atoms with Crippen molar-refractivity contribution in [2.45, 2.75) is 33.5 Å². The van der Waals surface area contributed by atoms with E-state index in [-0.39, 0.29) is 30.4 Å². The average molecular weight is 385 g/mol. The van der Waals surface area contributed by atoms with Crippen LogP contribution < -0.4 is 10.4 Å². The molecular formula is C21H24FN3O3. The first-order valence-corrected chi connectivity index (χ1v) is 9.28. The molecule has 2 aromatic carbocycles. The van der Waals surface area contributed by atoms with Gasteiger partial charge >= 0.3 is 5.69 Å². The number of para-hydroxylation sites is 2. The summed E-state index contributed by atoms with van der Waals surface area (Å²) < 4.78 is 22.0. The number of imidazole rings is 1. The van der Waals surface area contributed by atoms with Crippen molar-refractivity contribution in [2.75, 3.05) is 13.7 Å². The summed E-state index contributed by atoms with van der Waals surface area (Å²) in [5.74, 6) is -0.498. The number of aryl methyl sites for hydroxylation is 1. The summed E-state index contributed by atoms with van der Waals surface area (Å²) in [5.41, 5.74) is 2.00. The van der Waals surface area contributed by atoms with Crippen LogP contribution in [0.2, 0.25) is 0 Å². The molecule has 0 aliphatic heterocycles. The van der Waals surface area contributed by atoms with Crippen molar-refractivity contribution in [1.82, 2.24) is 14.0 Å². The predicted octanol–water partition coefficient (Wildman–Crippen LogP) is 3.02. The zero-order chi connectivity index (χ0) is 20.3. The maximum Gasteiger partial charge on any atom is 0.329 e. The number of halogens is 1. The minimum absolute atomic E-state index is 0.0567. The van der Waals surface area contributed by atoms with Gasteiger partial charge in [0.2, 0.25) is 5.91 Å². The highest BCUT2D eigenvalue weighted by Gasteiger charge is 2.18. The zero-order valence-electron chi connectivity index (χ0n) is 16.3. The van der Waals surface area contributed by atoms with Crippen molar-refractivity contribution in [3.63, 3.8) is 0 Å². The van der Waals surface area contributed by atoms with Gasteiger partial charge in [-0.2, -0.15) is 0 Å². The first-order valence-electron chi connectivity index (χ1n) is 9.28. The summed E-state index contributed by atoms with van der Waals surface area (Å²) in [6.07, 6.45) is 0. The summed E-state index contributed by atoms with van der Waals surface area (Å²) in [6.45, 7) is 4.94. The Labute approximate surface area is 162 Å². The summed E-state index contributed by atoms with van der Waals surface area (Å²) in [5, 5.41) is 0.